The van der Waals surface area contributed by atoms with Gasteiger partial charge in [-0.3, -0.25) is 14.8 Å². The number of Topliss-reactive ketones (excluding diaryl/α,β-unsaturated/α-hetero) is 1. The molecule has 1 aliphatic rings. The van der Waals surface area contributed by atoms with Gasteiger partial charge in [-0.2, -0.15) is 0 Å². The van der Waals surface area contributed by atoms with Gasteiger partial charge in [-0.25, -0.2) is 27.7 Å². The lowest BCUT2D eigenvalue weighted by Crippen LogP contribution is -2.37. The van der Waals surface area contributed by atoms with Crippen molar-refractivity contribution in [2.45, 2.75) is 63.7 Å². The van der Waals surface area contributed by atoms with Gasteiger partial charge in [0.2, 0.25) is 21.9 Å². The number of anilines is 1. The normalized spacial score (nSPS) is 14.5. The Balaban J connectivity index is 1.38. The molecule has 230 valence electrons. The highest BCUT2D eigenvalue weighted by atomic mass is 32.2. The minimum absolute atomic E-state index is 0.0514. The summed E-state index contributed by atoms with van der Waals surface area (Å²) in [6.45, 7) is 6.17. The maximum Gasteiger partial charge on any atom is 0.240 e. The Bertz CT molecular complexity index is 1710. The molecule has 1 saturated carbocycles. The van der Waals surface area contributed by atoms with Gasteiger partial charge in [0.15, 0.2) is 5.78 Å². The van der Waals surface area contributed by atoms with Gasteiger partial charge in [0.05, 0.1) is 54.7 Å². The van der Waals surface area contributed by atoms with E-state index in [1.54, 1.807) is 50.0 Å². The number of nitrogens with zero attached hydrogens (tertiary/aromatic N) is 6. The quantitative estimate of drug-likeness (QED) is 0.196. The van der Waals surface area contributed by atoms with Crippen molar-refractivity contribution >= 4 is 21.8 Å². The molecule has 11 nitrogen and oxygen atoms in total. The van der Waals surface area contributed by atoms with Gasteiger partial charge in [0.1, 0.15) is 5.75 Å². The maximum atomic E-state index is 13.8. The van der Waals surface area contributed by atoms with Gasteiger partial charge in [0.25, 0.3) is 0 Å². The van der Waals surface area contributed by atoms with Crippen molar-refractivity contribution in [2.75, 3.05) is 18.0 Å². The van der Waals surface area contributed by atoms with Crippen molar-refractivity contribution in [1.29, 1.82) is 0 Å². The second-order valence-electron chi connectivity index (χ2n) is 10.8. The van der Waals surface area contributed by atoms with Gasteiger partial charge in [0, 0.05) is 30.1 Å². The number of hydrogen-bond acceptors (Lipinski definition) is 10. The first kappa shape index (κ1) is 31.0. The van der Waals surface area contributed by atoms with E-state index in [9.17, 15) is 13.2 Å². The number of aromatic nitrogens is 5. The SMILES string of the molecule is CCOc1cncc(-c2ccc(CC(=O)C(C)(CC)c3ccnc(N(Cc4ccc(OC)cc4)S(=O)(=O)C4CC4)n3)nc2)n1. The lowest BCUT2D eigenvalue weighted by Gasteiger charge is -2.28. The fourth-order valence-electron chi connectivity index (χ4n) is 4.76. The Morgan fingerprint density at radius 3 is 2.41 bits per heavy atom. The molecule has 3 aromatic heterocycles. The van der Waals surface area contributed by atoms with Gasteiger partial charge >= 0.3 is 0 Å². The van der Waals surface area contributed by atoms with Crippen LogP contribution in [-0.4, -0.2) is 58.1 Å². The molecule has 0 radical (unpaired) electrons. The molecule has 3 heterocycles. The number of sulfonamides is 1. The van der Waals surface area contributed by atoms with E-state index >= 15 is 0 Å². The summed E-state index contributed by atoms with van der Waals surface area (Å²) in [7, 11) is -2.12. The lowest BCUT2D eigenvalue weighted by atomic mass is 9.78. The Kier molecular flexibility index (Phi) is 9.19. The van der Waals surface area contributed by atoms with Crippen molar-refractivity contribution < 1.29 is 22.7 Å². The summed E-state index contributed by atoms with van der Waals surface area (Å²) < 4.78 is 39.0. The molecule has 1 atom stereocenters. The topological polar surface area (TPSA) is 137 Å². The molecule has 0 bridgehead atoms. The molecule has 1 unspecified atom stereocenters. The Hall–Kier alpha value is -4.45. The standard InChI is InChI=1S/C32H36N6O5S/c1-5-32(3,29(39)17-24-10-9-23(18-35-24)27-19-33-20-30(36-27)43-6-2)28-15-16-34-31(37-28)38(44(40,41)26-13-14-26)21-22-7-11-25(42-4)12-8-22/h7-12,15-16,18-20,26H,5-6,13-14,17,21H2,1-4H3. The minimum Gasteiger partial charge on any atom is -0.497 e. The van der Waals surface area contributed by atoms with Crippen LogP contribution < -0.4 is 13.8 Å². The predicted molar refractivity (Wildman–Crippen MR) is 166 cm³/mol. The summed E-state index contributed by atoms with van der Waals surface area (Å²) >= 11 is 0. The van der Waals surface area contributed by atoms with Crippen molar-refractivity contribution in [3.8, 4) is 22.9 Å². The molecule has 1 aliphatic carbocycles. The number of ketones is 1. The number of methoxy groups -OCH3 is 1. The first-order valence-electron chi connectivity index (χ1n) is 14.6. The number of pyridine rings is 1. The van der Waals surface area contributed by atoms with E-state index in [0.717, 1.165) is 11.1 Å². The van der Waals surface area contributed by atoms with Crippen LogP contribution in [0.4, 0.5) is 5.95 Å². The summed E-state index contributed by atoms with van der Waals surface area (Å²) in [6.07, 6.45) is 8.09. The average Bonchev–Trinajstić information content (AvgIpc) is 3.91. The summed E-state index contributed by atoms with van der Waals surface area (Å²) in [4.78, 5) is 36.0. The number of rotatable bonds is 14. The highest BCUT2D eigenvalue weighted by Gasteiger charge is 2.42. The van der Waals surface area contributed by atoms with Gasteiger partial charge < -0.3 is 9.47 Å². The van der Waals surface area contributed by atoms with Crippen LogP contribution in [0.5, 0.6) is 11.6 Å². The van der Waals surface area contributed by atoms with Crippen molar-refractivity contribution in [3.63, 3.8) is 0 Å². The predicted octanol–water partition coefficient (Wildman–Crippen LogP) is 4.71. The van der Waals surface area contributed by atoms with Crippen LogP contribution in [0.1, 0.15) is 57.0 Å². The molecule has 0 saturated heterocycles. The van der Waals surface area contributed by atoms with E-state index in [0.29, 0.717) is 54.6 Å². The van der Waals surface area contributed by atoms with Crippen LogP contribution in [0, 0.1) is 0 Å². The molecule has 0 aliphatic heterocycles. The number of carbonyl (C=O) groups is 1. The average molecular weight is 617 g/mol. The fraction of sp³-hybridized carbons (Fsp3) is 0.375. The second-order valence-corrected chi connectivity index (χ2v) is 13.0. The van der Waals surface area contributed by atoms with E-state index < -0.39 is 20.7 Å². The van der Waals surface area contributed by atoms with E-state index in [1.807, 2.05) is 39.0 Å². The molecule has 44 heavy (non-hydrogen) atoms. The monoisotopic (exact) mass is 616 g/mol. The van der Waals surface area contributed by atoms with Crippen LogP contribution in [-0.2, 0) is 33.2 Å². The molecule has 0 N–H and O–H groups in total. The summed E-state index contributed by atoms with van der Waals surface area (Å²) in [5.41, 5.74) is 2.20. The van der Waals surface area contributed by atoms with Crippen molar-refractivity contribution in [1.82, 2.24) is 24.9 Å². The van der Waals surface area contributed by atoms with Gasteiger partial charge in [-0.1, -0.05) is 19.1 Å². The van der Waals surface area contributed by atoms with Gasteiger partial charge in [-0.15, -0.1) is 0 Å². The zero-order valence-electron chi connectivity index (χ0n) is 25.3. The number of benzene rings is 1. The summed E-state index contributed by atoms with van der Waals surface area (Å²) in [5.74, 6) is 1.07. The highest BCUT2D eigenvalue weighted by molar-refractivity contribution is 7.93. The van der Waals surface area contributed by atoms with Crippen LogP contribution in [0.25, 0.3) is 11.3 Å². The fourth-order valence-corrected chi connectivity index (χ4v) is 6.50. The number of hydrogen-bond donors (Lipinski definition) is 0. The first-order valence-corrected chi connectivity index (χ1v) is 16.1. The Labute approximate surface area is 257 Å². The summed E-state index contributed by atoms with van der Waals surface area (Å²) in [6, 6.07) is 12.5. The minimum atomic E-state index is -3.70. The molecular formula is C32H36N6O5S. The molecule has 5 rings (SSSR count). The van der Waals surface area contributed by atoms with Gasteiger partial charge in [-0.05, 0) is 69.0 Å². The zero-order valence-corrected chi connectivity index (χ0v) is 26.1. The van der Waals surface area contributed by atoms with Crippen LogP contribution in [0.15, 0.2) is 67.3 Å². The van der Waals surface area contributed by atoms with E-state index in [-0.39, 0.29) is 24.7 Å². The molecule has 1 aromatic carbocycles. The van der Waals surface area contributed by atoms with E-state index in [1.165, 1.54) is 10.5 Å². The second kappa shape index (κ2) is 13.0. The third-order valence-electron chi connectivity index (χ3n) is 7.86. The lowest BCUT2D eigenvalue weighted by molar-refractivity contribution is -0.123. The van der Waals surface area contributed by atoms with Crippen LogP contribution in [0.2, 0.25) is 0 Å². The smallest absolute Gasteiger partial charge is 0.240 e. The Morgan fingerprint density at radius 1 is 1.00 bits per heavy atom. The molecule has 0 amide bonds. The van der Waals surface area contributed by atoms with Crippen molar-refractivity contribution in [2.24, 2.45) is 0 Å². The van der Waals surface area contributed by atoms with E-state index in [2.05, 4.69) is 19.9 Å². The van der Waals surface area contributed by atoms with Crippen LogP contribution >= 0.6 is 0 Å². The zero-order chi connectivity index (χ0) is 31.3. The third-order valence-corrected chi connectivity index (χ3v) is 10.1. The van der Waals surface area contributed by atoms with E-state index in [4.69, 9.17) is 14.5 Å². The largest absolute Gasteiger partial charge is 0.497 e. The number of carbonyl (C=O) groups excluding carboxylic acids is 1. The number of ether oxygens (including phenoxy) is 2. The molecule has 1 fully saturated rings. The molecule has 12 heteroatoms. The summed E-state index contributed by atoms with van der Waals surface area (Å²) in [5, 5.41) is -0.464. The molecule has 4 aromatic rings. The molecule has 0 spiro atoms. The Morgan fingerprint density at radius 2 is 1.77 bits per heavy atom. The molecular weight excluding hydrogens is 580 g/mol. The third kappa shape index (κ3) is 6.70. The first-order chi connectivity index (χ1) is 21.2. The van der Waals surface area contributed by atoms with Crippen molar-refractivity contribution in [3.05, 3.63) is 84.2 Å². The van der Waals surface area contributed by atoms with Crippen LogP contribution in [0.3, 0.4) is 0 Å². The highest BCUT2D eigenvalue weighted by Crippen LogP contribution is 2.35. The maximum absolute atomic E-state index is 13.8.